The van der Waals surface area contributed by atoms with E-state index in [2.05, 4.69) is 15.2 Å². The highest BCUT2D eigenvalue weighted by Crippen LogP contribution is 2.26. The van der Waals surface area contributed by atoms with Crippen molar-refractivity contribution in [3.63, 3.8) is 0 Å². The van der Waals surface area contributed by atoms with E-state index < -0.39 is 23.1 Å². The maximum absolute atomic E-state index is 12.3. The number of alkyl halides is 2. The molecule has 0 spiro atoms. The number of anilines is 1. The molecule has 0 fully saturated rings. The quantitative estimate of drug-likeness (QED) is 0.609. The molecule has 24 heavy (non-hydrogen) atoms. The van der Waals surface area contributed by atoms with Crippen molar-refractivity contribution in [3.05, 3.63) is 40.6 Å². The van der Waals surface area contributed by atoms with Crippen molar-refractivity contribution in [3.8, 4) is 11.6 Å². The monoisotopic (exact) mass is 342 g/mol. The first-order valence-corrected chi connectivity index (χ1v) is 6.50. The summed E-state index contributed by atoms with van der Waals surface area (Å²) in [5.74, 6) is -1.08. The summed E-state index contributed by atoms with van der Waals surface area (Å²) in [4.78, 5) is 22.1. The Hall–Kier alpha value is -3.24. The molecule has 2 rings (SSSR count). The highest BCUT2D eigenvalue weighted by Gasteiger charge is 2.21. The zero-order chi connectivity index (χ0) is 17.7. The van der Waals surface area contributed by atoms with Crippen LogP contribution in [0, 0.1) is 10.1 Å². The van der Waals surface area contributed by atoms with Crippen molar-refractivity contribution in [2.45, 2.75) is 13.2 Å². The molecule has 1 heterocycles. The summed E-state index contributed by atoms with van der Waals surface area (Å²) in [5.41, 5.74) is -0.358. The molecule has 128 valence electrons. The molecule has 0 aliphatic rings. The molecule has 0 aliphatic heterocycles. The normalized spacial score (nSPS) is 10.5. The maximum Gasteiger partial charge on any atom is 0.387 e. The number of hydrogen-bond acceptors (Lipinski definition) is 6. The van der Waals surface area contributed by atoms with E-state index in [1.165, 1.54) is 31.4 Å². The Kier molecular flexibility index (Phi) is 5.24. The second kappa shape index (κ2) is 7.35. The van der Waals surface area contributed by atoms with E-state index in [4.69, 9.17) is 4.74 Å². The van der Waals surface area contributed by atoms with Gasteiger partial charge in [-0.05, 0) is 12.1 Å². The van der Waals surface area contributed by atoms with Crippen LogP contribution in [-0.2, 0) is 11.3 Å². The molecule has 2 aromatic rings. The van der Waals surface area contributed by atoms with Gasteiger partial charge in [0, 0.05) is 0 Å². The number of carbonyl (C=O) groups is 1. The van der Waals surface area contributed by atoms with Gasteiger partial charge in [-0.1, -0.05) is 12.1 Å². The summed E-state index contributed by atoms with van der Waals surface area (Å²) >= 11 is 0. The lowest BCUT2D eigenvalue weighted by Gasteiger charge is -2.11. The Morgan fingerprint density at radius 1 is 1.46 bits per heavy atom. The highest BCUT2D eigenvalue weighted by atomic mass is 19.3. The molecule has 1 N–H and O–H groups in total. The van der Waals surface area contributed by atoms with E-state index >= 15 is 0 Å². The topological polar surface area (TPSA) is 109 Å². The molecule has 0 aliphatic carbocycles. The van der Waals surface area contributed by atoms with Gasteiger partial charge < -0.3 is 14.8 Å². The average Bonchev–Trinajstić information content (AvgIpc) is 2.91. The summed E-state index contributed by atoms with van der Waals surface area (Å²) in [5, 5.41) is 16.9. The Morgan fingerprint density at radius 2 is 2.17 bits per heavy atom. The average molecular weight is 342 g/mol. The van der Waals surface area contributed by atoms with Crippen molar-refractivity contribution in [1.82, 2.24) is 9.78 Å². The van der Waals surface area contributed by atoms with Crippen LogP contribution in [0.25, 0.3) is 0 Å². The van der Waals surface area contributed by atoms with E-state index in [9.17, 15) is 23.7 Å². The van der Waals surface area contributed by atoms with Crippen molar-refractivity contribution in [2.24, 2.45) is 0 Å². The molecule has 0 unspecified atom stereocenters. The van der Waals surface area contributed by atoms with Crippen LogP contribution in [0.1, 0.15) is 0 Å². The highest BCUT2D eigenvalue weighted by molar-refractivity contribution is 5.92. The third-order valence-corrected chi connectivity index (χ3v) is 2.78. The van der Waals surface area contributed by atoms with Gasteiger partial charge in [-0.2, -0.15) is 8.78 Å². The van der Waals surface area contributed by atoms with Crippen LogP contribution >= 0.6 is 0 Å². The second-order valence-electron chi connectivity index (χ2n) is 4.40. The summed E-state index contributed by atoms with van der Waals surface area (Å²) in [7, 11) is 1.21. The van der Waals surface area contributed by atoms with Gasteiger partial charge in [0.1, 0.15) is 18.5 Å². The van der Waals surface area contributed by atoms with Crippen molar-refractivity contribution < 1.29 is 28.0 Å². The first-order valence-electron chi connectivity index (χ1n) is 6.50. The van der Waals surface area contributed by atoms with Gasteiger partial charge >= 0.3 is 18.2 Å². The number of rotatable bonds is 7. The number of hydrogen-bond donors (Lipinski definition) is 1. The number of methoxy groups -OCH3 is 1. The third kappa shape index (κ3) is 4.15. The molecule has 11 heteroatoms. The predicted octanol–water partition coefficient (Wildman–Crippen LogP) is 2.04. The maximum atomic E-state index is 12.3. The van der Waals surface area contributed by atoms with Crippen LogP contribution in [0.3, 0.4) is 0 Å². The largest absolute Gasteiger partial charge is 0.475 e. The first kappa shape index (κ1) is 17.1. The zero-order valence-electron chi connectivity index (χ0n) is 12.3. The second-order valence-corrected chi connectivity index (χ2v) is 4.40. The van der Waals surface area contributed by atoms with E-state index in [0.717, 1.165) is 10.9 Å². The molecule has 9 nitrogen and oxygen atoms in total. The summed E-state index contributed by atoms with van der Waals surface area (Å²) in [6, 6.07) is 5.64. The van der Waals surface area contributed by atoms with Crippen molar-refractivity contribution in [2.75, 3.05) is 12.4 Å². The van der Waals surface area contributed by atoms with Gasteiger partial charge in [-0.25, -0.2) is 0 Å². The van der Waals surface area contributed by atoms with Crippen LogP contribution < -0.4 is 14.8 Å². The summed E-state index contributed by atoms with van der Waals surface area (Å²) in [6.07, 6.45) is 1.03. The fraction of sp³-hybridized carbons (Fsp3) is 0.231. The third-order valence-electron chi connectivity index (χ3n) is 2.78. The number of benzene rings is 1. The number of carbonyl (C=O) groups excluding carboxylic acids is 1. The molecule has 0 atom stereocenters. The van der Waals surface area contributed by atoms with E-state index in [1.807, 2.05) is 0 Å². The Balaban J connectivity index is 2.10. The molecular weight excluding hydrogens is 330 g/mol. The summed E-state index contributed by atoms with van der Waals surface area (Å²) < 4.78 is 34.7. The number of amides is 1. The lowest BCUT2D eigenvalue weighted by molar-refractivity contribution is -0.385. The fourth-order valence-electron chi connectivity index (χ4n) is 1.85. The SMILES string of the molecule is COc1nn(CC(=O)Nc2ccccc2OC(F)F)cc1[N+](=O)[O-]. The number of aromatic nitrogens is 2. The number of nitrogens with one attached hydrogen (secondary N) is 1. The number of halogens is 2. The van der Waals surface area contributed by atoms with E-state index in [1.54, 1.807) is 0 Å². The van der Waals surface area contributed by atoms with Crippen molar-refractivity contribution in [1.29, 1.82) is 0 Å². The lowest BCUT2D eigenvalue weighted by atomic mass is 10.3. The van der Waals surface area contributed by atoms with Gasteiger partial charge in [0.2, 0.25) is 5.91 Å². The minimum Gasteiger partial charge on any atom is -0.475 e. The number of ether oxygens (including phenoxy) is 2. The Bertz CT molecular complexity index is 750. The molecule has 1 amide bonds. The van der Waals surface area contributed by atoms with Gasteiger partial charge in [0.05, 0.1) is 17.7 Å². The van der Waals surface area contributed by atoms with Gasteiger partial charge in [0.25, 0.3) is 0 Å². The molecular formula is C13H12F2N4O5. The first-order chi connectivity index (χ1) is 11.4. The molecule has 1 aromatic heterocycles. The molecule has 0 saturated carbocycles. The molecule has 1 aromatic carbocycles. The van der Waals surface area contributed by atoms with Crippen LogP contribution in [0.4, 0.5) is 20.2 Å². The van der Waals surface area contributed by atoms with Crippen LogP contribution in [0.2, 0.25) is 0 Å². The summed E-state index contributed by atoms with van der Waals surface area (Å²) in [6.45, 7) is -3.42. The van der Waals surface area contributed by atoms with Crippen LogP contribution in [0.15, 0.2) is 30.5 Å². The Morgan fingerprint density at radius 3 is 2.75 bits per heavy atom. The zero-order valence-corrected chi connectivity index (χ0v) is 12.3. The molecule has 0 radical (unpaired) electrons. The Labute approximate surface area is 133 Å². The van der Waals surface area contributed by atoms with Gasteiger partial charge in [0.15, 0.2) is 0 Å². The molecule has 0 saturated heterocycles. The number of nitro groups is 1. The van der Waals surface area contributed by atoms with E-state index in [-0.39, 0.29) is 23.9 Å². The number of para-hydroxylation sites is 2. The molecule has 0 bridgehead atoms. The van der Waals surface area contributed by atoms with Gasteiger partial charge in [-0.15, -0.1) is 5.10 Å². The van der Waals surface area contributed by atoms with E-state index in [0.29, 0.717) is 0 Å². The van der Waals surface area contributed by atoms with Crippen molar-refractivity contribution >= 4 is 17.3 Å². The van der Waals surface area contributed by atoms with Crippen LogP contribution in [0.5, 0.6) is 11.6 Å². The van der Waals surface area contributed by atoms with Crippen LogP contribution in [-0.4, -0.2) is 34.3 Å². The lowest BCUT2D eigenvalue weighted by Crippen LogP contribution is -2.20. The number of nitrogens with zero attached hydrogens (tertiary/aromatic N) is 3. The van der Waals surface area contributed by atoms with Gasteiger partial charge in [-0.3, -0.25) is 19.6 Å². The predicted molar refractivity (Wildman–Crippen MR) is 77.1 cm³/mol. The fourth-order valence-corrected chi connectivity index (χ4v) is 1.85. The smallest absolute Gasteiger partial charge is 0.387 e. The minimum absolute atomic E-state index is 0.0384. The standard InChI is InChI=1S/C13H12F2N4O5/c1-23-12-9(19(21)22)6-18(17-12)7-11(20)16-8-4-2-3-5-10(8)24-13(14)15/h2-6,13H,7H2,1H3,(H,16,20). The minimum atomic E-state index is -3.04.